The van der Waals surface area contributed by atoms with Crippen molar-refractivity contribution in [2.75, 3.05) is 18.9 Å². The standard InChI is InChI=1S/C18H18N2O2/c19-17-11-10-14-6-4-9-16(18(14)20-17)22-13-5-12-21-15-7-2-1-3-8-15/h1-4,6-11H,5,12-13H2,(H2,19,20). The molecule has 0 aliphatic carbocycles. The second kappa shape index (κ2) is 6.80. The van der Waals surface area contributed by atoms with Gasteiger partial charge >= 0.3 is 0 Å². The van der Waals surface area contributed by atoms with E-state index in [1.807, 2.05) is 54.6 Å². The topological polar surface area (TPSA) is 57.4 Å². The molecule has 0 spiro atoms. The van der Waals surface area contributed by atoms with Gasteiger partial charge in [-0.1, -0.05) is 30.3 Å². The molecule has 0 fully saturated rings. The van der Waals surface area contributed by atoms with E-state index < -0.39 is 0 Å². The van der Waals surface area contributed by atoms with E-state index in [0.29, 0.717) is 19.0 Å². The lowest BCUT2D eigenvalue weighted by Crippen LogP contribution is -2.05. The SMILES string of the molecule is Nc1ccc2cccc(OCCCOc3ccccc3)c2n1. The third kappa shape index (κ3) is 3.47. The molecule has 0 aliphatic rings. The van der Waals surface area contributed by atoms with Crippen LogP contribution in [-0.2, 0) is 0 Å². The monoisotopic (exact) mass is 294 g/mol. The summed E-state index contributed by atoms with van der Waals surface area (Å²) in [5.74, 6) is 2.13. The molecule has 0 amide bonds. The van der Waals surface area contributed by atoms with Gasteiger partial charge in [0.15, 0.2) is 0 Å². The summed E-state index contributed by atoms with van der Waals surface area (Å²) in [5.41, 5.74) is 6.54. The molecule has 4 nitrogen and oxygen atoms in total. The average Bonchev–Trinajstić information content (AvgIpc) is 2.56. The molecule has 1 heterocycles. The van der Waals surface area contributed by atoms with E-state index in [0.717, 1.165) is 28.8 Å². The van der Waals surface area contributed by atoms with Gasteiger partial charge in [-0.15, -0.1) is 0 Å². The Morgan fingerprint density at radius 3 is 2.50 bits per heavy atom. The highest BCUT2D eigenvalue weighted by atomic mass is 16.5. The molecule has 2 aromatic carbocycles. The molecule has 2 N–H and O–H groups in total. The summed E-state index contributed by atoms with van der Waals surface area (Å²) in [7, 11) is 0. The fraction of sp³-hybridized carbons (Fsp3) is 0.167. The first-order chi connectivity index (χ1) is 10.8. The third-order valence-corrected chi connectivity index (χ3v) is 3.26. The van der Waals surface area contributed by atoms with Crippen LogP contribution in [0.2, 0.25) is 0 Å². The molecule has 3 rings (SSSR count). The van der Waals surface area contributed by atoms with E-state index in [1.54, 1.807) is 6.07 Å². The van der Waals surface area contributed by atoms with Gasteiger partial charge in [-0.3, -0.25) is 0 Å². The molecule has 0 bridgehead atoms. The number of pyridine rings is 1. The van der Waals surface area contributed by atoms with E-state index in [-0.39, 0.29) is 0 Å². The molecule has 0 aliphatic heterocycles. The van der Waals surface area contributed by atoms with Gasteiger partial charge in [0.25, 0.3) is 0 Å². The summed E-state index contributed by atoms with van der Waals surface area (Å²) in [5, 5.41) is 1.02. The minimum absolute atomic E-state index is 0.496. The molecule has 3 aromatic rings. The normalized spacial score (nSPS) is 10.5. The Bertz CT molecular complexity index is 744. The Kier molecular flexibility index (Phi) is 4.39. The van der Waals surface area contributed by atoms with Crippen LogP contribution >= 0.6 is 0 Å². The summed E-state index contributed by atoms with van der Waals surface area (Å²) in [6, 6.07) is 19.4. The molecule has 0 saturated carbocycles. The Labute approximate surface area is 129 Å². The van der Waals surface area contributed by atoms with Crippen LogP contribution in [0.25, 0.3) is 10.9 Å². The molecule has 0 saturated heterocycles. The number of nitrogens with two attached hydrogens (primary N) is 1. The Hall–Kier alpha value is -2.75. The number of hydrogen-bond acceptors (Lipinski definition) is 4. The van der Waals surface area contributed by atoms with Crippen molar-refractivity contribution < 1.29 is 9.47 Å². The van der Waals surface area contributed by atoms with E-state index >= 15 is 0 Å². The van der Waals surface area contributed by atoms with Crippen LogP contribution in [-0.4, -0.2) is 18.2 Å². The molecule has 0 unspecified atom stereocenters. The van der Waals surface area contributed by atoms with Gasteiger partial charge in [0.2, 0.25) is 0 Å². The van der Waals surface area contributed by atoms with Gasteiger partial charge in [0.05, 0.1) is 13.2 Å². The van der Waals surface area contributed by atoms with Crippen molar-refractivity contribution in [3.05, 3.63) is 60.7 Å². The van der Waals surface area contributed by atoms with Crippen LogP contribution in [0.1, 0.15) is 6.42 Å². The second-order valence-corrected chi connectivity index (χ2v) is 4.93. The van der Waals surface area contributed by atoms with Crippen LogP contribution in [0, 0.1) is 0 Å². The maximum absolute atomic E-state index is 5.81. The summed E-state index contributed by atoms with van der Waals surface area (Å²) >= 11 is 0. The number of nitrogens with zero attached hydrogens (tertiary/aromatic N) is 1. The van der Waals surface area contributed by atoms with E-state index in [9.17, 15) is 0 Å². The Morgan fingerprint density at radius 1 is 0.818 bits per heavy atom. The number of rotatable bonds is 6. The summed E-state index contributed by atoms with van der Waals surface area (Å²) in [6.45, 7) is 1.19. The van der Waals surface area contributed by atoms with Crippen molar-refractivity contribution in [1.82, 2.24) is 4.98 Å². The minimum atomic E-state index is 0.496. The molecular weight excluding hydrogens is 276 g/mol. The van der Waals surface area contributed by atoms with Crippen LogP contribution in [0.3, 0.4) is 0 Å². The highest BCUT2D eigenvalue weighted by Crippen LogP contribution is 2.24. The van der Waals surface area contributed by atoms with Gasteiger partial charge in [0, 0.05) is 11.8 Å². The highest BCUT2D eigenvalue weighted by Gasteiger charge is 2.04. The third-order valence-electron chi connectivity index (χ3n) is 3.26. The highest BCUT2D eigenvalue weighted by molar-refractivity contribution is 5.85. The summed E-state index contributed by atoms with van der Waals surface area (Å²) in [4.78, 5) is 4.34. The molecule has 1 aromatic heterocycles. The fourth-order valence-electron chi connectivity index (χ4n) is 2.20. The lowest BCUT2D eigenvalue weighted by atomic mass is 10.2. The maximum atomic E-state index is 5.81. The largest absolute Gasteiger partial charge is 0.493 e. The predicted molar refractivity (Wildman–Crippen MR) is 88.2 cm³/mol. The molecule has 22 heavy (non-hydrogen) atoms. The van der Waals surface area contributed by atoms with Crippen LogP contribution in [0.15, 0.2) is 60.7 Å². The number of anilines is 1. The Balaban J connectivity index is 1.55. The van der Waals surface area contributed by atoms with Crippen molar-refractivity contribution in [3.8, 4) is 11.5 Å². The van der Waals surface area contributed by atoms with E-state index in [1.165, 1.54) is 0 Å². The number of nitrogen functional groups attached to an aromatic ring is 1. The summed E-state index contributed by atoms with van der Waals surface area (Å²) < 4.78 is 11.4. The van der Waals surface area contributed by atoms with E-state index in [4.69, 9.17) is 15.2 Å². The number of hydrogen-bond donors (Lipinski definition) is 1. The first kappa shape index (κ1) is 14.2. The van der Waals surface area contributed by atoms with Crippen molar-refractivity contribution in [3.63, 3.8) is 0 Å². The molecule has 0 atom stereocenters. The first-order valence-electron chi connectivity index (χ1n) is 7.29. The van der Waals surface area contributed by atoms with Gasteiger partial charge in [-0.25, -0.2) is 4.98 Å². The van der Waals surface area contributed by atoms with Gasteiger partial charge in [-0.2, -0.15) is 0 Å². The number of benzene rings is 2. The zero-order valence-electron chi connectivity index (χ0n) is 12.2. The Morgan fingerprint density at radius 2 is 1.64 bits per heavy atom. The molecule has 4 heteroatoms. The number of fused-ring (bicyclic) bond motifs is 1. The van der Waals surface area contributed by atoms with Crippen LogP contribution < -0.4 is 15.2 Å². The van der Waals surface area contributed by atoms with Crippen molar-refractivity contribution in [2.24, 2.45) is 0 Å². The molecule has 112 valence electrons. The first-order valence-corrected chi connectivity index (χ1v) is 7.29. The fourth-order valence-corrected chi connectivity index (χ4v) is 2.20. The number of aromatic nitrogens is 1. The maximum Gasteiger partial charge on any atom is 0.145 e. The minimum Gasteiger partial charge on any atom is -0.493 e. The van der Waals surface area contributed by atoms with E-state index in [2.05, 4.69) is 4.98 Å². The molecular formula is C18H18N2O2. The molecule has 0 radical (unpaired) electrons. The number of para-hydroxylation sites is 2. The van der Waals surface area contributed by atoms with Crippen LogP contribution in [0.4, 0.5) is 5.82 Å². The summed E-state index contributed by atoms with van der Waals surface area (Å²) in [6.07, 6.45) is 0.799. The average molecular weight is 294 g/mol. The van der Waals surface area contributed by atoms with Gasteiger partial charge in [-0.05, 0) is 30.3 Å². The van der Waals surface area contributed by atoms with Crippen molar-refractivity contribution in [1.29, 1.82) is 0 Å². The van der Waals surface area contributed by atoms with Crippen LogP contribution in [0.5, 0.6) is 11.5 Å². The predicted octanol–water partition coefficient (Wildman–Crippen LogP) is 3.66. The quantitative estimate of drug-likeness (QED) is 0.705. The second-order valence-electron chi connectivity index (χ2n) is 4.93. The lowest BCUT2D eigenvalue weighted by Gasteiger charge is -2.10. The lowest BCUT2D eigenvalue weighted by molar-refractivity contribution is 0.249. The van der Waals surface area contributed by atoms with Gasteiger partial charge < -0.3 is 15.2 Å². The number of ether oxygens (including phenoxy) is 2. The van der Waals surface area contributed by atoms with Gasteiger partial charge in [0.1, 0.15) is 22.8 Å². The zero-order valence-corrected chi connectivity index (χ0v) is 12.2. The van der Waals surface area contributed by atoms with Crippen molar-refractivity contribution >= 4 is 16.7 Å². The zero-order chi connectivity index (χ0) is 15.2. The van der Waals surface area contributed by atoms with Crippen molar-refractivity contribution in [2.45, 2.75) is 6.42 Å². The smallest absolute Gasteiger partial charge is 0.145 e.